The van der Waals surface area contributed by atoms with E-state index in [1.165, 1.54) is 4.57 Å². The molecule has 0 aliphatic rings. The number of hydrogen-bond acceptors (Lipinski definition) is 2. The van der Waals surface area contributed by atoms with E-state index in [0.717, 1.165) is 19.3 Å². The monoisotopic (exact) mass is 260 g/mol. The van der Waals surface area contributed by atoms with Crippen LogP contribution in [-0.4, -0.2) is 9.55 Å². The minimum Gasteiger partial charge on any atom is -0.307 e. The van der Waals surface area contributed by atoms with Gasteiger partial charge in [0, 0.05) is 6.54 Å². The largest absolute Gasteiger partial charge is 0.328 e. The van der Waals surface area contributed by atoms with Gasteiger partial charge in [0.15, 0.2) is 0 Å². The predicted molar refractivity (Wildman–Crippen MR) is 77.5 cm³/mol. The van der Waals surface area contributed by atoms with Gasteiger partial charge >= 0.3 is 5.69 Å². The van der Waals surface area contributed by atoms with Crippen molar-refractivity contribution in [3.63, 3.8) is 0 Å². The summed E-state index contributed by atoms with van der Waals surface area (Å²) in [5.74, 6) is 0.659. The van der Waals surface area contributed by atoms with Crippen LogP contribution < -0.4 is 11.2 Å². The number of aromatic nitrogens is 2. The van der Waals surface area contributed by atoms with Crippen molar-refractivity contribution < 1.29 is 0 Å². The van der Waals surface area contributed by atoms with E-state index in [-0.39, 0.29) is 11.2 Å². The van der Waals surface area contributed by atoms with Crippen molar-refractivity contribution >= 4 is 10.9 Å². The van der Waals surface area contributed by atoms with Gasteiger partial charge in [-0.1, -0.05) is 38.8 Å². The molecule has 4 heteroatoms. The molecule has 2 aromatic rings. The van der Waals surface area contributed by atoms with Gasteiger partial charge in [-0.15, -0.1) is 0 Å². The third-order valence-corrected chi connectivity index (χ3v) is 3.30. The van der Waals surface area contributed by atoms with Gasteiger partial charge in [-0.25, -0.2) is 4.79 Å². The first-order chi connectivity index (χ1) is 9.09. The van der Waals surface area contributed by atoms with Crippen molar-refractivity contribution in [2.45, 2.75) is 39.7 Å². The van der Waals surface area contributed by atoms with Crippen molar-refractivity contribution in [1.82, 2.24) is 9.55 Å². The quantitative estimate of drug-likeness (QED) is 0.840. The van der Waals surface area contributed by atoms with Crippen LogP contribution in [0.2, 0.25) is 0 Å². The Morgan fingerprint density at radius 2 is 1.89 bits per heavy atom. The van der Waals surface area contributed by atoms with E-state index in [4.69, 9.17) is 0 Å². The summed E-state index contributed by atoms with van der Waals surface area (Å²) in [5, 5.41) is 0.575. The summed E-state index contributed by atoms with van der Waals surface area (Å²) in [4.78, 5) is 26.9. The Balaban J connectivity index is 2.24. The van der Waals surface area contributed by atoms with Gasteiger partial charge in [-0.05, 0) is 24.5 Å². The lowest BCUT2D eigenvalue weighted by molar-refractivity contribution is 0.498. The van der Waals surface area contributed by atoms with Crippen molar-refractivity contribution in [3.8, 4) is 0 Å². The fraction of sp³-hybridized carbons (Fsp3) is 0.467. The number of rotatable bonds is 5. The molecule has 1 aromatic carbocycles. The van der Waals surface area contributed by atoms with Gasteiger partial charge in [-0.2, -0.15) is 0 Å². The van der Waals surface area contributed by atoms with Crippen molar-refractivity contribution in [3.05, 3.63) is 45.1 Å². The van der Waals surface area contributed by atoms with Gasteiger partial charge in [0.1, 0.15) is 0 Å². The first-order valence-corrected chi connectivity index (χ1v) is 6.81. The van der Waals surface area contributed by atoms with E-state index in [9.17, 15) is 9.59 Å². The minimum atomic E-state index is -0.312. The van der Waals surface area contributed by atoms with E-state index in [1.807, 2.05) is 12.1 Å². The summed E-state index contributed by atoms with van der Waals surface area (Å²) in [7, 11) is 0. The average molecular weight is 260 g/mol. The number of para-hydroxylation sites is 1. The van der Waals surface area contributed by atoms with Gasteiger partial charge in [0.25, 0.3) is 5.56 Å². The number of aromatic amines is 1. The topological polar surface area (TPSA) is 54.9 Å². The zero-order valence-corrected chi connectivity index (χ0v) is 11.5. The van der Waals surface area contributed by atoms with Crippen LogP contribution in [-0.2, 0) is 6.54 Å². The highest BCUT2D eigenvalue weighted by Crippen LogP contribution is 2.07. The second-order valence-corrected chi connectivity index (χ2v) is 5.32. The molecule has 1 N–H and O–H groups in total. The Morgan fingerprint density at radius 3 is 2.63 bits per heavy atom. The van der Waals surface area contributed by atoms with E-state index >= 15 is 0 Å². The molecule has 0 bridgehead atoms. The Kier molecular flexibility index (Phi) is 4.20. The van der Waals surface area contributed by atoms with Gasteiger partial charge in [-0.3, -0.25) is 9.36 Å². The average Bonchev–Trinajstić information content (AvgIpc) is 2.37. The second kappa shape index (κ2) is 5.87. The molecule has 0 saturated heterocycles. The Hall–Kier alpha value is -1.84. The maximum absolute atomic E-state index is 12.2. The summed E-state index contributed by atoms with van der Waals surface area (Å²) < 4.78 is 1.31. The Labute approximate surface area is 112 Å². The molecule has 0 aliphatic carbocycles. The van der Waals surface area contributed by atoms with Crippen LogP contribution in [0.3, 0.4) is 0 Å². The summed E-state index contributed by atoms with van der Waals surface area (Å²) >= 11 is 0. The van der Waals surface area contributed by atoms with Crippen LogP contribution >= 0.6 is 0 Å². The zero-order chi connectivity index (χ0) is 13.8. The summed E-state index contributed by atoms with van der Waals surface area (Å²) in [5.41, 5.74) is 0.105. The number of fused-ring (bicyclic) bond motifs is 1. The normalized spacial score (nSPS) is 11.3. The van der Waals surface area contributed by atoms with E-state index in [2.05, 4.69) is 18.8 Å². The number of nitrogens with one attached hydrogen (secondary N) is 1. The Morgan fingerprint density at radius 1 is 1.16 bits per heavy atom. The van der Waals surface area contributed by atoms with Gasteiger partial charge in [0.2, 0.25) is 0 Å². The summed E-state index contributed by atoms with van der Waals surface area (Å²) in [6.45, 7) is 4.84. The molecule has 0 saturated carbocycles. The second-order valence-electron chi connectivity index (χ2n) is 5.32. The minimum absolute atomic E-state index is 0.191. The standard InChI is InChI=1S/C15H20N2O2/c1-11(2)7-5-6-10-17-14(18)12-8-3-4-9-13(12)16-15(17)19/h3-4,8-9,11H,5-7,10H2,1-2H3,(H,16,19). The first kappa shape index (κ1) is 13.6. The van der Waals surface area contributed by atoms with Gasteiger partial charge < -0.3 is 4.98 Å². The van der Waals surface area contributed by atoms with E-state index in [0.29, 0.717) is 23.4 Å². The molecular weight excluding hydrogens is 240 g/mol. The molecule has 102 valence electrons. The SMILES string of the molecule is CC(C)CCCCn1c(=O)[nH]c2ccccc2c1=O. The maximum atomic E-state index is 12.2. The fourth-order valence-electron chi connectivity index (χ4n) is 2.22. The highest BCUT2D eigenvalue weighted by Gasteiger charge is 2.06. The molecule has 1 aromatic heterocycles. The van der Waals surface area contributed by atoms with Crippen LogP contribution in [0.4, 0.5) is 0 Å². The number of unbranched alkanes of at least 4 members (excludes halogenated alkanes) is 1. The summed E-state index contributed by atoms with van der Waals surface area (Å²) in [6.07, 6.45) is 3.02. The van der Waals surface area contributed by atoms with Gasteiger partial charge in [0.05, 0.1) is 10.9 Å². The number of hydrogen-bond donors (Lipinski definition) is 1. The molecule has 1 heterocycles. The third-order valence-electron chi connectivity index (χ3n) is 3.30. The molecule has 2 rings (SSSR count). The van der Waals surface area contributed by atoms with Crippen molar-refractivity contribution in [1.29, 1.82) is 0 Å². The van der Waals surface area contributed by atoms with Crippen LogP contribution in [0.25, 0.3) is 10.9 Å². The number of benzene rings is 1. The molecule has 0 fully saturated rings. The Bertz CT molecular complexity index is 668. The lowest BCUT2D eigenvalue weighted by Gasteiger charge is -2.07. The molecule has 19 heavy (non-hydrogen) atoms. The predicted octanol–water partition coefficient (Wildman–Crippen LogP) is 2.52. The van der Waals surface area contributed by atoms with E-state index in [1.54, 1.807) is 12.1 Å². The van der Waals surface area contributed by atoms with Crippen molar-refractivity contribution in [2.24, 2.45) is 5.92 Å². The maximum Gasteiger partial charge on any atom is 0.328 e. The molecule has 0 unspecified atom stereocenters. The van der Waals surface area contributed by atoms with Crippen molar-refractivity contribution in [2.75, 3.05) is 0 Å². The molecule has 0 amide bonds. The van der Waals surface area contributed by atoms with Crippen LogP contribution in [0.5, 0.6) is 0 Å². The smallest absolute Gasteiger partial charge is 0.307 e. The molecule has 0 radical (unpaired) electrons. The van der Waals surface area contributed by atoms with Crippen LogP contribution in [0.15, 0.2) is 33.9 Å². The van der Waals surface area contributed by atoms with Crippen LogP contribution in [0.1, 0.15) is 33.1 Å². The third kappa shape index (κ3) is 3.13. The van der Waals surface area contributed by atoms with E-state index < -0.39 is 0 Å². The molecule has 0 spiro atoms. The number of H-pyrrole nitrogens is 1. The lowest BCUT2D eigenvalue weighted by Crippen LogP contribution is -2.35. The molecule has 0 aliphatic heterocycles. The first-order valence-electron chi connectivity index (χ1n) is 6.81. The zero-order valence-electron chi connectivity index (χ0n) is 11.5. The molecular formula is C15H20N2O2. The molecule has 4 nitrogen and oxygen atoms in total. The van der Waals surface area contributed by atoms with Crippen LogP contribution in [0, 0.1) is 5.92 Å². The highest BCUT2D eigenvalue weighted by molar-refractivity contribution is 5.76. The fourth-order valence-corrected chi connectivity index (χ4v) is 2.22. The highest BCUT2D eigenvalue weighted by atomic mass is 16.2. The lowest BCUT2D eigenvalue weighted by atomic mass is 10.1. The summed E-state index contributed by atoms with van der Waals surface area (Å²) in [6, 6.07) is 7.12. The molecule has 0 atom stereocenters. The number of nitrogens with zero attached hydrogens (tertiary/aromatic N) is 1.